The average molecular weight is 386 g/mol. The largest absolute Gasteiger partial charge is 0.471 e. The molecule has 1 unspecified atom stereocenters. The van der Waals surface area contributed by atoms with Gasteiger partial charge in [-0.05, 0) is 26.0 Å². The fourth-order valence-corrected chi connectivity index (χ4v) is 2.54. The summed E-state index contributed by atoms with van der Waals surface area (Å²) in [5.74, 6) is -4.68. The van der Waals surface area contributed by atoms with Gasteiger partial charge in [0.15, 0.2) is 6.61 Å². The Kier molecular flexibility index (Phi) is 7.88. The van der Waals surface area contributed by atoms with Crippen LogP contribution in [0.5, 0.6) is 5.88 Å². The van der Waals surface area contributed by atoms with E-state index in [1.54, 1.807) is 4.90 Å². The molecular formula is C15H20ClF4N3O2. The number of carbonyl (C=O) groups is 1. The van der Waals surface area contributed by atoms with E-state index in [9.17, 15) is 22.4 Å². The Bertz CT molecular complexity index is 560. The molecule has 2 rings (SSSR count). The van der Waals surface area contributed by atoms with Gasteiger partial charge in [-0.25, -0.2) is 13.8 Å². The molecule has 1 atom stereocenters. The van der Waals surface area contributed by atoms with Crippen molar-refractivity contribution in [1.29, 1.82) is 0 Å². The molecule has 10 heteroatoms. The standard InChI is InChI=1S/C15H19F4N3O2.ClH/c1-20-8-11-3-2-6-22(11)13(23)10-4-5-12(21-7-10)24-9-15(18,19)14(16)17;/h4-5,7,11,14,20H,2-3,6,8-9H2,1H3;1H. The van der Waals surface area contributed by atoms with E-state index < -0.39 is 19.0 Å². The number of pyridine rings is 1. The molecule has 0 aliphatic carbocycles. The first kappa shape index (κ1) is 21.4. The molecule has 1 aliphatic heterocycles. The van der Waals surface area contributed by atoms with Crippen molar-refractivity contribution >= 4 is 18.3 Å². The summed E-state index contributed by atoms with van der Waals surface area (Å²) in [6.45, 7) is -0.144. The molecule has 25 heavy (non-hydrogen) atoms. The number of aromatic nitrogens is 1. The lowest BCUT2D eigenvalue weighted by molar-refractivity contribution is -0.148. The highest BCUT2D eigenvalue weighted by Crippen LogP contribution is 2.24. The van der Waals surface area contributed by atoms with Gasteiger partial charge in [0.05, 0.1) is 5.56 Å². The van der Waals surface area contributed by atoms with Gasteiger partial charge in [0.2, 0.25) is 5.88 Å². The molecule has 1 N–H and O–H groups in total. The topological polar surface area (TPSA) is 54.5 Å². The van der Waals surface area contributed by atoms with Crippen LogP contribution in [0.15, 0.2) is 18.3 Å². The maximum Gasteiger partial charge on any atom is 0.340 e. The number of nitrogens with zero attached hydrogens (tertiary/aromatic N) is 2. The summed E-state index contributed by atoms with van der Waals surface area (Å²) in [5.41, 5.74) is 0.297. The molecule has 1 fully saturated rings. The molecule has 1 aromatic rings. The molecule has 2 heterocycles. The molecule has 1 amide bonds. The van der Waals surface area contributed by atoms with Crippen molar-refractivity contribution in [1.82, 2.24) is 15.2 Å². The van der Waals surface area contributed by atoms with E-state index in [0.29, 0.717) is 18.7 Å². The van der Waals surface area contributed by atoms with Crippen LogP contribution >= 0.6 is 12.4 Å². The van der Waals surface area contributed by atoms with E-state index in [4.69, 9.17) is 0 Å². The second-order valence-corrected chi connectivity index (χ2v) is 5.59. The first-order valence-electron chi connectivity index (χ1n) is 7.55. The number of likely N-dealkylation sites (N-methyl/N-ethyl adjacent to an activating group) is 1. The van der Waals surface area contributed by atoms with Gasteiger partial charge >= 0.3 is 12.3 Å². The summed E-state index contributed by atoms with van der Waals surface area (Å²) >= 11 is 0. The minimum absolute atomic E-state index is 0. The highest BCUT2D eigenvalue weighted by Gasteiger charge is 2.41. The molecule has 0 radical (unpaired) electrons. The van der Waals surface area contributed by atoms with Crippen LogP contribution in [0.1, 0.15) is 23.2 Å². The number of carbonyl (C=O) groups excluding carboxylic acids is 1. The van der Waals surface area contributed by atoms with Crippen LogP contribution in [0.3, 0.4) is 0 Å². The zero-order chi connectivity index (χ0) is 17.7. The van der Waals surface area contributed by atoms with E-state index in [1.165, 1.54) is 18.3 Å². The van der Waals surface area contributed by atoms with Crippen LogP contribution in [0.25, 0.3) is 0 Å². The maximum absolute atomic E-state index is 12.8. The third kappa shape index (κ3) is 5.43. The normalized spacial score (nSPS) is 17.5. The second kappa shape index (κ2) is 9.19. The predicted molar refractivity (Wildman–Crippen MR) is 85.9 cm³/mol. The molecule has 0 aromatic carbocycles. The van der Waals surface area contributed by atoms with Gasteiger partial charge in [0.1, 0.15) is 0 Å². The van der Waals surface area contributed by atoms with E-state index in [-0.39, 0.29) is 30.2 Å². The van der Waals surface area contributed by atoms with Crippen molar-refractivity contribution in [2.24, 2.45) is 0 Å². The number of halogens is 5. The molecule has 0 bridgehead atoms. The van der Waals surface area contributed by atoms with Crippen LogP contribution < -0.4 is 10.1 Å². The highest BCUT2D eigenvalue weighted by molar-refractivity contribution is 5.94. The minimum atomic E-state index is -4.24. The van der Waals surface area contributed by atoms with Gasteiger partial charge in [0, 0.05) is 31.4 Å². The van der Waals surface area contributed by atoms with Gasteiger partial charge in [-0.15, -0.1) is 12.4 Å². The molecule has 1 saturated heterocycles. The fraction of sp³-hybridized carbons (Fsp3) is 0.600. The Morgan fingerprint density at radius 1 is 1.48 bits per heavy atom. The quantitative estimate of drug-likeness (QED) is 0.733. The lowest BCUT2D eigenvalue weighted by Crippen LogP contribution is -2.40. The average Bonchev–Trinajstić information content (AvgIpc) is 3.01. The van der Waals surface area contributed by atoms with Crippen LogP contribution in [0, 0.1) is 0 Å². The number of ether oxygens (including phenoxy) is 1. The number of amides is 1. The maximum atomic E-state index is 12.8. The summed E-state index contributed by atoms with van der Waals surface area (Å²) in [4.78, 5) is 17.9. The third-order valence-corrected chi connectivity index (χ3v) is 3.79. The summed E-state index contributed by atoms with van der Waals surface area (Å²) in [7, 11) is 1.81. The van der Waals surface area contributed by atoms with Gasteiger partial charge in [0.25, 0.3) is 5.91 Å². The molecule has 5 nitrogen and oxygen atoms in total. The summed E-state index contributed by atoms with van der Waals surface area (Å²) in [5, 5.41) is 3.03. The number of rotatable bonds is 7. The van der Waals surface area contributed by atoms with Gasteiger partial charge in [-0.2, -0.15) is 8.78 Å². The first-order valence-corrected chi connectivity index (χ1v) is 7.55. The van der Waals surface area contributed by atoms with Crippen molar-refractivity contribution in [3.8, 4) is 5.88 Å². The number of alkyl halides is 4. The van der Waals surface area contributed by atoms with E-state index in [2.05, 4.69) is 15.0 Å². The van der Waals surface area contributed by atoms with Crippen LogP contribution in [0.4, 0.5) is 17.6 Å². The SMILES string of the molecule is CNCC1CCCN1C(=O)c1ccc(OCC(F)(F)C(F)F)nc1.Cl. The van der Waals surface area contributed by atoms with Gasteiger partial charge in [-0.1, -0.05) is 0 Å². The molecule has 1 aromatic heterocycles. The lowest BCUT2D eigenvalue weighted by atomic mass is 10.2. The summed E-state index contributed by atoms with van der Waals surface area (Å²) in [6.07, 6.45) is -0.788. The third-order valence-electron chi connectivity index (χ3n) is 3.79. The number of hydrogen-bond donors (Lipinski definition) is 1. The Morgan fingerprint density at radius 3 is 2.76 bits per heavy atom. The zero-order valence-corrected chi connectivity index (χ0v) is 14.4. The van der Waals surface area contributed by atoms with E-state index in [1.807, 2.05) is 7.05 Å². The summed E-state index contributed by atoms with van der Waals surface area (Å²) in [6, 6.07) is 2.71. The predicted octanol–water partition coefficient (Wildman–Crippen LogP) is 2.61. The Morgan fingerprint density at radius 2 is 2.20 bits per heavy atom. The first-order chi connectivity index (χ1) is 11.3. The summed E-state index contributed by atoms with van der Waals surface area (Å²) < 4.78 is 54.3. The molecular weight excluding hydrogens is 366 g/mol. The Hall–Kier alpha value is -1.61. The van der Waals surface area contributed by atoms with Gasteiger partial charge < -0.3 is 15.0 Å². The van der Waals surface area contributed by atoms with E-state index in [0.717, 1.165) is 12.8 Å². The van der Waals surface area contributed by atoms with Crippen molar-refractivity contribution in [2.45, 2.75) is 31.2 Å². The van der Waals surface area contributed by atoms with Crippen molar-refractivity contribution in [2.75, 3.05) is 26.7 Å². The molecule has 142 valence electrons. The monoisotopic (exact) mass is 385 g/mol. The number of likely N-dealkylation sites (tertiary alicyclic amines) is 1. The lowest BCUT2D eigenvalue weighted by Gasteiger charge is -2.24. The highest BCUT2D eigenvalue weighted by atomic mass is 35.5. The van der Waals surface area contributed by atoms with Crippen molar-refractivity contribution < 1.29 is 27.1 Å². The van der Waals surface area contributed by atoms with Crippen LogP contribution in [-0.4, -0.2) is 60.9 Å². The second-order valence-electron chi connectivity index (χ2n) is 5.59. The van der Waals surface area contributed by atoms with Crippen molar-refractivity contribution in [3.05, 3.63) is 23.9 Å². The minimum Gasteiger partial charge on any atom is -0.471 e. The smallest absolute Gasteiger partial charge is 0.340 e. The van der Waals surface area contributed by atoms with Crippen LogP contribution in [-0.2, 0) is 0 Å². The van der Waals surface area contributed by atoms with E-state index >= 15 is 0 Å². The van der Waals surface area contributed by atoms with Crippen LogP contribution in [0.2, 0.25) is 0 Å². The van der Waals surface area contributed by atoms with Crippen molar-refractivity contribution in [3.63, 3.8) is 0 Å². The molecule has 0 spiro atoms. The molecule has 1 aliphatic rings. The molecule has 0 saturated carbocycles. The zero-order valence-electron chi connectivity index (χ0n) is 13.6. The number of hydrogen-bond acceptors (Lipinski definition) is 4. The Labute approximate surface area is 149 Å². The Balaban J connectivity index is 0.00000312. The fourth-order valence-electron chi connectivity index (χ4n) is 2.54. The number of nitrogens with one attached hydrogen (secondary N) is 1. The van der Waals surface area contributed by atoms with Gasteiger partial charge in [-0.3, -0.25) is 4.79 Å².